The predicted octanol–water partition coefficient (Wildman–Crippen LogP) is 2.42. The number of nitrogens with zero attached hydrogens (tertiary/aromatic N) is 1. The molecular weight excluding hydrogens is 563 g/mol. The number of nitrogens with one attached hydrogen (secondary N) is 4. The monoisotopic (exact) mass is 587 g/mol. The predicted molar refractivity (Wildman–Crippen MR) is 137 cm³/mol. The Balaban J connectivity index is 0.000000708. The number of rotatable bonds is 8. The minimum absolute atomic E-state index is 0.152. The molecule has 0 spiro atoms. The number of anilines is 1. The van der Waals surface area contributed by atoms with Crippen LogP contribution < -0.4 is 21.3 Å². The fourth-order valence-corrected chi connectivity index (χ4v) is 3.59. The number of carboxylic acids is 2. The van der Waals surface area contributed by atoms with Gasteiger partial charge in [-0.05, 0) is 42.8 Å². The second-order valence-electron chi connectivity index (χ2n) is 8.23. The van der Waals surface area contributed by atoms with Gasteiger partial charge in [0.1, 0.15) is 5.75 Å². The highest BCUT2D eigenvalue weighted by atomic mass is 35.5. The Labute approximate surface area is 230 Å². The fourth-order valence-electron chi connectivity index (χ4n) is 3.30. The number of carbonyl (C=O) groups excluding carboxylic acids is 2. The van der Waals surface area contributed by atoms with Crippen LogP contribution in [0.4, 0.5) is 18.9 Å². The fraction of sp³-hybridized carbons (Fsp3) is 0.292. The van der Waals surface area contributed by atoms with E-state index in [0.717, 1.165) is 6.54 Å². The highest BCUT2D eigenvalue weighted by molar-refractivity contribution is 6.30. The van der Waals surface area contributed by atoms with Gasteiger partial charge in [-0.1, -0.05) is 17.7 Å². The van der Waals surface area contributed by atoms with Crippen molar-refractivity contribution in [1.29, 1.82) is 0 Å². The highest BCUT2D eigenvalue weighted by Gasteiger charge is 2.38. The van der Waals surface area contributed by atoms with Gasteiger partial charge in [-0.3, -0.25) is 19.4 Å². The summed E-state index contributed by atoms with van der Waals surface area (Å²) in [5.41, 5.74) is 1.62. The van der Waals surface area contributed by atoms with Gasteiger partial charge in [-0.25, -0.2) is 4.79 Å². The lowest BCUT2D eigenvalue weighted by molar-refractivity contribution is -0.192. The van der Waals surface area contributed by atoms with Crippen LogP contribution in [0.5, 0.6) is 5.75 Å². The summed E-state index contributed by atoms with van der Waals surface area (Å²) < 4.78 is 31.7. The summed E-state index contributed by atoms with van der Waals surface area (Å²) in [4.78, 5) is 49.4. The number of aromatic hydroxyl groups is 1. The molecule has 1 aliphatic heterocycles. The molecule has 1 atom stereocenters. The topological polar surface area (TPSA) is 189 Å². The van der Waals surface area contributed by atoms with Crippen LogP contribution in [0, 0.1) is 6.92 Å². The zero-order valence-electron chi connectivity index (χ0n) is 20.8. The number of amides is 2. The third-order valence-corrected chi connectivity index (χ3v) is 5.32. The molecule has 2 aromatic carbocycles. The lowest BCUT2D eigenvalue weighted by atomic mass is 10.00. The third kappa shape index (κ3) is 9.98. The van der Waals surface area contributed by atoms with Crippen LogP contribution in [0.15, 0.2) is 41.4 Å². The van der Waals surface area contributed by atoms with E-state index in [-0.39, 0.29) is 17.9 Å². The molecule has 0 radical (unpaired) electrons. The number of alkyl halides is 3. The molecule has 16 heteroatoms. The van der Waals surface area contributed by atoms with E-state index < -0.39 is 42.4 Å². The van der Waals surface area contributed by atoms with Gasteiger partial charge in [-0.2, -0.15) is 13.2 Å². The van der Waals surface area contributed by atoms with Gasteiger partial charge in [0.25, 0.3) is 5.91 Å². The molecule has 12 nitrogen and oxygen atoms in total. The first-order chi connectivity index (χ1) is 18.7. The van der Waals surface area contributed by atoms with Gasteiger partial charge in [0.05, 0.1) is 25.6 Å². The number of benzene rings is 2. The standard InChI is InChI=1S/C22H24ClN5O5.C2HF3O2/c1-12-7-14(23)9-16(20(12)32)17(10-19(30)31)28-18(29)11-26-21(33)13-3-2-4-15(8-13)27-22-24-5-6-25-22;3-2(4,5)1(6)7/h2-4,7-9,17,32H,5-6,10-11H2,1H3,(H,26,33)(H,28,29)(H,30,31)(H2,24,25,27);(H,6,7)/t17-;/m1./s1. The van der Waals surface area contributed by atoms with Crippen LogP contribution in [0.25, 0.3) is 0 Å². The Morgan fingerprint density at radius 2 is 1.82 bits per heavy atom. The van der Waals surface area contributed by atoms with E-state index >= 15 is 0 Å². The van der Waals surface area contributed by atoms with Crippen molar-refractivity contribution in [3.05, 3.63) is 58.1 Å². The van der Waals surface area contributed by atoms with E-state index in [0.29, 0.717) is 34.3 Å². The van der Waals surface area contributed by atoms with Gasteiger partial charge in [0, 0.05) is 28.4 Å². The number of aliphatic imine (C=N–C) groups is 1. The molecule has 0 fully saturated rings. The maximum Gasteiger partial charge on any atom is 0.490 e. The molecule has 0 saturated carbocycles. The lowest BCUT2D eigenvalue weighted by Crippen LogP contribution is -2.39. The summed E-state index contributed by atoms with van der Waals surface area (Å²) in [6.07, 6.45) is -5.56. The second kappa shape index (κ2) is 14.0. The Kier molecular flexibility index (Phi) is 11.1. The molecule has 216 valence electrons. The van der Waals surface area contributed by atoms with E-state index in [1.54, 1.807) is 31.2 Å². The molecular formula is C24H25ClF3N5O7. The number of aryl methyl sites for hydroxylation is 1. The van der Waals surface area contributed by atoms with Crippen LogP contribution in [0.1, 0.15) is 33.9 Å². The molecule has 40 heavy (non-hydrogen) atoms. The van der Waals surface area contributed by atoms with Gasteiger partial charge < -0.3 is 36.6 Å². The van der Waals surface area contributed by atoms with Crippen LogP contribution in [0.3, 0.4) is 0 Å². The zero-order chi connectivity index (χ0) is 30.0. The average Bonchev–Trinajstić information content (AvgIpc) is 3.37. The van der Waals surface area contributed by atoms with Crippen LogP contribution in [-0.4, -0.2) is 70.8 Å². The first kappa shape index (κ1) is 31.7. The summed E-state index contributed by atoms with van der Waals surface area (Å²) in [5.74, 6) is -4.56. The Hall–Kier alpha value is -4.53. The lowest BCUT2D eigenvalue weighted by Gasteiger charge is -2.20. The van der Waals surface area contributed by atoms with Crippen LogP contribution in [-0.2, 0) is 14.4 Å². The number of hydrogen-bond donors (Lipinski definition) is 7. The van der Waals surface area contributed by atoms with Gasteiger partial charge in [0.2, 0.25) is 5.91 Å². The first-order valence-electron chi connectivity index (χ1n) is 11.4. The van der Waals surface area contributed by atoms with Crippen molar-refractivity contribution < 1.29 is 47.7 Å². The molecule has 0 bridgehead atoms. The van der Waals surface area contributed by atoms with Crippen LogP contribution in [0.2, 0.25) is 5.02 Å². The summed E-state index contributed by atoms with van der Waals surface area (Å²) in [6, 6.07) is 8.59. The van der Waals surface area contributed by atoms with Crippen molar-refractivity contribution in [3.63, 3.8) is 0 Å². The largest absolute Gasteiger partial charge is 0.507 e. The van der Waals surface area contributed by atoms with Crippen molar-refractivity contribution >= 4 is 47.0 Å². The molecule has 0 unspecified atom stereocenters. The summed E-state index contributed by atoms with van der Waals surface area (Å²) in [5, 5.41) is 38.1. The number of phenolic OH excluding ortho intramolecular Hbond substituents is 1. The van der Waals surface area contributed by atoms with Crippen molar-refractivity contribution in [3.8, 4) is 5.75 Å². The van der Waals surface area contributed by atoms with Crippen molar-refractivity contribution in [2.24, 2.45) is 4.99 Å². The molecule has 0 aliphatic carbocycles. The smallest absolute Gasteiger partial charge is 0.490 e. The Morgan fingerprint density at radius 3 is 2.40 bits per heavy atom. The summed E-state index contributed by atoms with van der Waals surface area (Å²) in [7, 11) is 0. The van der Waals surface area contributed by atoms with E-state index in [1.165, 1.54) is 12.1 Å². The molecule has 3 rings (SSSR count). The van der Waals surface area contributed by atoms with E-state index in [4.69, 9.17) is 21.5 Å². The summed E-state index contributed by atoms with van der Waals surface area (Å²) in [6.45, 7) is 2.64. The van der Waals surface area contributed by atoms with Crippen molar-refractivity contribution in [1.82, 2.24) is 16.0 Å². The van der Waals surface area contributed by atoms with E-state index in [2.05, 4.69) is 26.3 Å². The molecule has 1 heterocycles. The molecule has 7 N–H and O–H groups in total. The normalized spacial score (nSPS) is 13.1. The SMILES string of the molecule is Cc1cc(Cl)cc([C@@H](CC(=O)O)NC(=O)CNC(=O)c2cccc(NC3=NCCN3)c2)c1O.O=C(O)C(F)(F)F. The molecule has 2 aromatic rings. The number of carboxylic acid groups (broad SMARTS) is 2. The number of guanidine groups is 1. The van der Waals surface area contributed by atoms with Gasteiger partial charge in [-0.15, -0.1) is 0 Å². The summed E-state index contributed by atoms with van der Waals surface area (Å²) >= 11 is 6.03. The van der Waals surface area contributed by atoms with E-state index in [1.807, 2.05) is 0 Å². The number of halogens is 4. The molecule has 0 aromatic heterocycles. The Morgan fingerprint density at radius 1 is 1.15 bits per heavy atom. The third-order valence-electron chi connectivity index (χ3n) is 5.10. The number of carbonyl (C=O) groups is 4. The quantitative estimate of drug-likeness (QED) is 0.243. The highest BCUT2D eigenvalue weighted by Crippen LogP contribution is 2.32. The number of phenols is 1. The molecule has 2 amide bonds. The van der Waals surface area contributed by atoms with Crippen molar-refractivity contribution in [2.75, 3.05) is 25.0 Å². The minimum Gasteiger partial charge on any atom is -0.507 e. The zero-order valence-corrected chi connectivity index (χ0v) is 21.6. The second-order valence-corrected chi connectivity index (χ2v) is 8.66. The number of aliphatic carboxylic acids is 2. The number of hydrogen-bond acceptors (Lipinski definition) is 8. The maximum atomic E-state index is 12.5. The maximum absolute atomic E-state index is 12.5. The average molecular weight is 588 g/mol. The van der Waals surface area contributed by atoms with Crippen molar-refractivity contribution in [2.45, 2.75) is 25.6 Å². The Bertz CT molecular complexity index is 1300. The molecule has 0 saturated heterocycles. The first-order valence-corrected chi connectivity index (χ1v) is 11.8. The van der Waals surface area contributed by atoms with E-state index in [9.17, 15) is 37.8 Å². The van der Waals surface area contributed by atoms with Gasteiger partial charge >= 0.3 is 18.1 Å². The minimum atomic E-state index is -5.08. The van der Waals surface area contributed by atoms with Crippen LogP contribution >= 0.6 is 11.6 Å². The molecule has 1 aliphatic rings. The van der Waals surface area contributed by atoms with Gasteiger partial charge in [0.15, 0.2) is 5.96 Å².